The molecule has 1 atom stereocenters. The Labute approximate surface area is 86.1 Å². The average Bonchev–Trinajstić information content (AvgIpc) is 2.02. The van der Waals surface area contributed by atoms with Crippen molar-refractivity contribution in [3.05, 3.63) is 0 Å². The first kappa shape index (κ1) is 12.8. The SMILES string of the molecule is CCCCCCCC(O)CC(=O)[S]. The second-order valence-corrected chi connectivity index (χ2v) is 3.89. The van der Waals surface area contributed by atoms with E-state index in [1.54, 1.807) is 0 Å². The highest BCUT2D eigenvalue weighted by Crippen LogP contribution is 2.09. The number of aliphatic hydroxyl groups is 1. The molecule has 1 unspecified atom stereocenters. The van der Waals surface area contributed by atoms with Crippen LogP contribution in [0.3, 0.4) is 0 Å². The Bertz CT molecular complexity index is 137. The lowest BCUT2D eigenvalue weighted by atomic mass is 10.1. The highest BCUT2D eigenvalue weighted by atomic mass is 32.1. The van der Waals surface area contributed by atoms with Crippen LogP contribution < -0.4 is 0 Å². The minimum atomic E-state index is -0.508. The molecule has 0 aromatic carbocycles. The van der Waals surface area contributed by atoms with E-state index in [0.717, 1.165) is 12.8 Å². The zero-order chi connectivity index (χ0) is 10.1. The van der Waals surface area contributed by atoms with Crippen molar-refractivity contribution in [3.8, 4) is 0 Å². The van der Waals surface area contributed by atoms with E-state index >= 15 is 0 Å². The average molecular weight is 203 g/mol. The number of unbranched alkanes of at least 4 members (excludes halogenated alkanes) is 4. The normalized spacial score (nSPS) is 12.8. The third-order valence-corrected chi connectivity index (χ3v) is 2.21. The van der Waals surface area contributed by atoms with E-state index in [1.807, 2.05) is 0 Å². The van der Waals surface area contributed by atoms with Crippen LogP contribution in [0.25, 0.3) is 0 Å². The number of aliphatic hydroxyl groups excluding tert-OH is 1. The summed E-state index contributed by atoms with van der Waals surface area (Å²) in [6, 6.07) is 0. The molecule has 0 saturated carbocycles. The van der Waals surface area contributed by atoms with E-state index in [4.69, 9.17) is 0 Å². The van der Waals surface area contributed by atoms with Gasteiger partial charge in [-0.15, -0.1) is 0 Å². The molecular formula is C10H19O2S. The van der Waals surface area contributed by atoms with E-state index in [2.05, 4.69) is 19.6 Å². The van der Waals surface area contributed by atoms with Crippen LogP contribution in [0.4, 0.5) is 0 Å². The van der Waals surface area contributed by atoms with E-state index in [-0.39, 0.29) is 11.5 Å². The Kier molecular flexibility index (Phi) is 8.35. The van der Waals surface area contributed by atoms with Gasteiger partial charge in [0.2, 0.25) is 5.12 Å². The van der Waals surface area contributed by atoms with Gasteiger partial charge < -0.3 is 5.11 Å². The van der Waals surface area contributed by atoms with Crippen molar-refractivity contribution >= 4 is 17.7 Å². The van der Waals surface area contributed by atoms with Gasteiger partial charge in [-0.25, -0.2) is 0 Å². The van der Waals surface area contributed by atoms with Gasteiger partial charge in [0.1, 0.15) is 0 Å². The molecule has 0 aliphatic heterocycles. The third kappa shape index (κ3) is 9.77. The van der Waals surface area contributed by atoms with Crippen LogP contribution >= 0.6 is 12.6 Å². The molecule has 1 radical (unpaired) electrons. The molecule has 0 saturated heterocycles. The summed E-state index contributed by atoms with van der Waals surface area (Å²) < 4.78 is 0. The summed E-state index contributed by atoms with van der Waals surface area (Å²) >= 11 is 4.38. The fourth-order valence-electron chi connectivity index (χ4n) is 1.28. The molecule has 0 aliphatic rings. The summed E-state index contributed by atoms with van der Waals surface area (Å²) in [5, 5.41) is 8.96. The highest BCUT2D eigenvalue weighted by molar-refractivity contribution is 7.96. The number of carbonyl (C=O) groups is 1. The molecule has 0 rings (SSSR count). The molecule has 2 nitrogen and oxygen atoms in total. The predicted molar refractivity (Wildman–Crippen MR) is 56.6 cm³/mol. The Morgan fingerprint density at radius 1 is 1.31 bits per heavy atom. The maximum Gasteiger partial charge on any atom is 0.221 e. The molecule has 77 valence electrons. The van der Waals surface area contributed by atoms with Crippen LogP contribution in [-0.2, 0) is 4.79 Å². The minimum Gasteiger partial charge on any atom is -0.393 e. The lowest BCUT2D eigenvalue weighted by Gasteiger charge is -2.06. The van der Waals surface area contributed by atoms with Crippen molar-refractivity contribution < 1.29 is 9.90 Å². The summed E-state index contributed by atoms with van der Waals surface area (Å²) in [6.45, 7) is 2.17. The second-order valence-electron chi connectivity index (χ2n) is 3.43. The number of hydrogen-bond acceptors (Lipinski definition) is 2. The fraction of sp³-hybridized carbons (Fsp3) is 0.900. The van der Waals surface area contributed by atoms with Crippen molar-refractivity contribution in [2.45, 2.75) is 58.0 Å². The molecule has 1 N–H and O–H groups in total. The number of hydrogen-bond donors (Lipinski definition) is 1. The Balaban J connectivity index is 3.17. The van der Waals surface area contributed by atoms with Crippen LogP contribution in [-0.4, -0.2) is 16.3 Å². The van der Waals surface area contributed by atoms with E-state index in [1.165, 1.54) is 19.3 Å². The van der Waals surface area contributed by atoms with Crippen LogP contribution in [0.5, 0.6) is 0 Å². The molecule has 0 bridgehead atoms. The van der Waals surface area contributed by atoms with Crippen molar-refractivity contribution in [2.24, 2.45) is 0 Å². The Morgan fingerprint density at radius 2 is 1.92 bits per heavy atom. The Hall–Kier alpha value is -0.150. The fourth-order valence-corrected chi connectivity index (χ4v) is 1.47. The number of carbonyl (C=O) groups excluding carboxylic acids is 1. The first-order valence-electron chi connectivity index (χ1n) is 5.04. The van der Waals surface area contributed by atoms with Gasteiger partial charge in [-0.05, 0) is 19.0 Å². The van der Waals surface area contributed by atoms with Gasteiger partial charge in [0.05, 0.1) is 6.10 Å². The topological polar surface area (TPSA) is 37.3 Å². The van der Waals surface area contributed by atoms with E-state index in [0.29, 0.717) is 6.42 Å². The van der Waals surface area contributed by atoms with Crippen molar-refractivity contribution in [1.29, 1.82) is 0 Å². The van der Waals surface area contributed by atoms with Gasteiger partial charge in [-0.2, -0.15) is 0 Å². The van der Waals surface area contributed by atoms with Crippen LogP contribution in [0, 0.1) is 0 Å². The monoisotopic (exact) mass is 203 g/mol. The maximum atomic E-state index is 10.4. The minimum absolute atomic E-state index is 0.142. The summed E-state index contributed by atoms with van der Waals surface area (Å²) in [6.07, 6.45) is 6.22. The Morgan fingerprint density at radius 3 is 2.46 bits per heavy atom. The highest BCUT2D eigenvalue weighted by Gasteiger charge is 2.07. The lowest BCUT2D eigenvalue weighted by molar-refractivity contribution is -0.112. The standard InChI is InChI=1S/C10H19O2S/c1-2-3-4-5-6-7-9(11)8-10(12)13/h9,11H,2-8H2,1H3. The van der Waals surface area contributed by atoms with Gasteiger partial charge in [0, 0.05) is 6.42 Å². The molecular weight excluding hydrogens is 184 g/mol. The molecule has 3 heteroatoms. The van der Waals surface area contributed by atoms with Crippen molar-refractivity contribution in [1.82, 2.24) is 0 Å². The van der Waals surface area contributed by atoms with Crippen LogP contribution in [0.15, 0.2) is 0 Å². The van der Waals surface area contributed by atoms with Gasteiger partial charge in [-0.3, -0.25) is 4.79 Å². The van der Waals surface area contributed by atoms with Crippen LogP contribution in [0.2, 0.25) is 0 Å². The molecule has 0 aromatic rings. The summed E-state index contributed by atoms with van der Waals surface area (Å²) in [5.41, 5.74) is 0. The number of rotatable bonds is 8. The van der Waals surface area contributed by atoms with Crippen molar-refractivity contribution in [2.75, 3.05) is 0 Å². The molecule has 0 fully saturated rings. The van der Waals surface area contributed by atoms with Gasteiger partial charge in [0.15, 0.2) is 0 Å². The molecule has 0 amide bonds. The van der Waals surface area contributed by atoms with Crippen molar-refractivity contribution in [3.63, 3.8) is 0 Å². The molecule has 13 heavy (non-hydrogen) atoms. The summed E-state index contributed by atoms with van der Waals surface area (Å²) in [5.74, 6) is 0. The second kappa shape index (κ2) is 8.45. The largest absolute Gasteiger partial charge is 0.393 e. The summed E-state index contributed by atoms with van der Waals surface area (Å²) in [7, 11) is 0. The molecule has 0 heterocycles. The predicted octanol–water partition coefficient (Wildman–Crippen LogP) is 2.82. The van der Waals surface area contributed by atoms with Gasteiger partial charge >= 0.3 is 0 Å². The zero-order valence-electron chi connectivity index (χ0n) is 8.29. The van der Waals surface area contributed by atoms with Gasteiger partial charge in [-0.1, -0.05) is 39.0 Å². The summed E-state index contributed by atoms with van der Waals surface area (Å²) in [4.78, 5) is 10.4. The maximum absolute atomic E-state index is 10.4. The molecule has 0 aromatic heterocycles. The van der Waals surface area contributed by atoms with E-state index in [9.17, 15) is 9.90 Å². The van der Waals surface area contributed by atoms with Crippen LogP contribution in [0.1, 0.15) is 51.9 Å². The van der Waals surface area contributed by atoms with Gasteiger partial charge in [0.25, 0.3) is 0 Å². The van der Waals surface area contributed by atoms with E-state index < -0.39 is 6.10 Å². The molecule has 0 spiro atoms. The quantitative estimate of drug-likeness (QED) is 0.616. The first-order valence-corrected chi connectivity index (χ1v) is 5.45. The zero-order valence-corrected chi connectivity index (χ0v) is 9.11. The third-order valence-electron chi connectivity index (χ3n) is 2.04. The first-order chi connectivity index (χ1) is 6.16. The molecule has 0 aliphatic carbocycles. The lowest BCUT2D eigenvalue weighted by Crippen LogP contribution is -2.09. The smallest absolute Gasteiger partial charge is 0.221 e.